The van der Waals surface area contributed by atoms with Gasteiger partial charge in [-0.3, -0.25) is 9.59 Å². The molecular formula is C11H22O3. The van der Waals surface area contributed by atoms with Crippen LogP contribution in [-0.2, 0) is 9.59 Å². The summed E-state index contributed by atoms with van der Waals surface area (Å²) in [5.41, 5.74) is -0.542. The molecule has 0 spiro atoms. The van der Waals surface area contributed by atoms with Gasteiger partial charge in [0.1, 0.15) is 11.6 Å². The zero-order valence-electron chi connectivity index (χ0n) is 10.0. The van der Waals surface area contributed by atoms with Gasteiger partial charge in [0, 0.05) is 11.3 Å². The molecule has 0 bridgehead atoms. The topological polar surface area (TPSA) is 54.4 Å². The van der Waals surface area contributed by atoms with Crippen LogP contribution >= 0.6 is 0 Å². The van der Waals surface area contributed by atoms with E-state index in [2.05, 4.69) is 0 Å². The number of aliphatic hydroxyl groups excluding tert-OH is 1. The Morgan fingerprint density at radius 1 is 1.21 bits per heavy atom. The predicted octanol–water partition coefficient (Wildman–Crippen LogP) is 1.83. The van der Waals surface area contributed by atoms with Gasteiger partial charge in [-0.2, -0.15) is 0 Å². The van der Waals surface area contributed by atoms with Crippen molar-refractivity contribution in [3.05, 3.63) is 0 Å². The van der Waals surface area contributed by atoms with E-state index in [-0.39, 0.29) is 24.1 Å². The molecular weight excluding hydrogens is 180 g/mol. The van der Waals surface area contributed by atoms with Crippen LogP contribution in [0.15, 0.2) is 0 Å². The molecule has 0 radical (unpaired) electrons. The first-order chi connectivity index (χ1) is 6.15. The fraction of sp³-hybridized carbons (Fsp3) is 0.818. The van der Waals surface area contributed by atoms with Crippen LogP contribution in [0.5, 0.6) is 0 Å². The van der Waals surface area contributed by atoms with Crippen LogP contribution in [0.3, 0.4) is 0 Å². The van der Waals surface area contributed by atoms with Crippen LogP contribution in [0, 0.1) is 11.3 Å². The number of carbonyl (C=O) groups excluding carboxylic acids is 2. The summed E-state index contributed by atoms with van der Waals surface area (Å²) in [6.45, 7) is 10.2. The van der Waals surface area contributed by atoms with Crippen molar-refractivity contribution in [2.24, 2.45) is 11.3 Å². The first-order valence-corrected chi connectivity index (χ1v) is 4.77. The molecule has 0 heterocycles. The smallest absolute Gasteiger partial charge is 0.137 e. The average molecular weight is 202 g/mol. The third-order valence-electron chi connectivity index (χ3n) is 2.16. The van der Waals surface area contributed by atoms with Gasteiger partial charge < -0.3 is 5.11 Å². The molecule has 0 aromatic heterocycles. The molecule has 0 atom stereocenters. The van der Waals surface area contributed by atoms with Crippen LogP contribution in [0.25, 0.3) is 0 Å². The molecule has 0 amide bonds. The van der Waals surface area contributed by atoms with E-state index < -0.39 is 5.41 Å². The second kappa shape index (κ2) is 6.71. The Bertz CT molecular complexity index is 193. The van der Waals surface area contributed by atoms with E-state index in [1.165, 1.54) is 6.92 Å². The van der Waals surface area contributed by atoms with Crippen molar-refractivity contribution in [1.82, 2.24) is 0 Å². The Hall–Kier alpha value is -0.700. The van der Waals surface area contributed by atoms with Crippen molar-refractivity contribution >= 4 is 11.6 Å². The highest BCUT2D eigenvalue weighted by atomic mass is 16.3. The summed E-state index contributed by atoms with van der Waals surface area (Å²) < 4.78 is 0. The molecule has 3 nitrogen and oxygen atoms in total. The van der Waals surface area contributed by atoms with Crippen LogP contribution in [0.4, 0.5) is 0 Å². The first kappa shape index (κ1) is 15.8. The Balaban J connectivity index is 0. The number of hydrogen-bond acceptors (Lipinski definition) is 3. The third-order valence-corrected chi connectivity index (χ3v) is 2.16. The lowest BCUT2D eigenvalue weighted by atomic mass is 9.90. The number of aliphatic hydroxyl groups is 1. The minimum Gasteiger partial charge on any atom is -0.395 e. The standard InChI is InChI=1S/C6H12O2.C5H10O/c1-5(8)6(2,3)4-7;1-4(2)5(3)6/h7H,4H2,1-3H3;4H,1-3H3. The van der Waals surface area contributed by atoms with Crippen molar-refractivity contribution in [1.29, 1.82) is 0 Å². The highest BCUT2D eigenvalue weighted by molar-refractivity contribution is 5.81. The molecule has 0 aliphatic carbocycles. The van der Waals surface area contributed by atoms with Gasteiger partial charge in [-0.1, -0.05) is 27.7 Å². The van der Waals surface area contributed by atoms with E-state index in [4.69, 9.17) is 5.11 Å². The molecule has 84 valence electrons. The van der Waals surface area contributed by atoms with Crippen LogP contribution in [0.2, 0.25) is 0 Å². The fourth-order valence-electron chi connectivity index (χ4n) is 0.111. The summed E-state index contributed by atoms with van der Waals surface area (Å²) >= 11 is 0. The molecule has 0 fully saturated rings. The van der Waals surface area contributed by atoms with Crippen LogP contribution < -0.4 is 0 Å². The molecule has 0 saturated heterocycles. The lowest BCUT2D eigenvalue weighted by molar-refractivity contribution is -0.126. The zero-order chi connectivity index (χ0) is 11.9. The lowest BCUT2D eigenvalue weighted by Crippen LogP contribution is -2.25. The Kier molecular flexibility index (Phi) is 7.55. The molecule has 14 heavy (non-hydrogen) atoms. The molecule has 0 aliphatic heterocycles. The van der Waals surface area contributed by atoms with E-state index in [9.17, 15) is 9.59 Å². The zero-order valence-corrected chi connectivity index (χ0v) is 10.0. The maximum atomic E-state index is 10.5. The third kappa shape index (κ3) is 7.92. The normalized spacial score (nSPS) is 10.6. The minimum absolute atomic E-state index is 0.0278. The maximum Gasteiger partial charge on any atom is 0.137 e. The van der Waals surface area contributed by atoms with Gasteiger partial charge in [-0.25, -0.2) is 0 Å². The Labute approximate surface area is 86.5 Å². The first-order valence-electron chi connectivity index (χ1n) is 4.77. The van der Waals surface area contributed by atoms with Crippen molar-refractivity contribution in [2.75, 3.05) is 6.61 Å². The van der Waals surface area contributed by atoms with E-state index in [0.717, 1.165) is 0 Å². The summed E-state index contributed by atoms with van der Waals surface area (Å²) in [5, 5.41) is 8.54. The van der Waals surface area contributed by atoms with Gasteiger partial charge in [0.2, 0.25) is 0 Å². The number of Topliss-reactive ketones (excluding diaryl/α,β-unsaturated/α-hetero) is 2. The lowest BCUT2D eigenvalue weighted by Gasteiger charge is -2.15. The van der Waals surface area contributed by atoms with Gasteiger partial charge >= 0.3 is 0 Å². The van der Waals surface area contributed by atoms with Crippen molar-refractivity contribution in [3.63, 3.8) is 0 Å². The number of rotatable bonds is 3. The maximum absolute atomic E-state index is 10.5. The summed E-state index contributed by atoms with van der Waals surface area (Å²) in [6.07, 6.45) is 0. The molecule has 0 rings (SSSR count). The van der Waals surface area contributed by atoms with Crippen molar-refractivity contribution < 1.29 is 14.7 Å². The number of hydrogen-bond donors (Lipinski definition) is 1. The van der Waals surface area contributed by atoms with E-state index in [1.54, 1.807) is 20.8 Å². The second-order valence-corrected chi connectivity index (χ2v) is 4.36. The van der Waals surface area contributed by atoms with Crippen LogP contribution in [-0.4, -0.2) is 23.3 Å². The second-order valence-electron chi connectivity index (χ2n) is 4.36. The molecule has 3 heteroatoms. The van der Waals surface area contributed by atoms with Crippen LogP contribution in [0.1, 0.15) is 41.5 Å². The van der Waals surface area contributed by atoms with Gasteiger partial charge in [0.05, 0.1) is 6.61 Å². The highest BCUT2D eigenvalue weighted by Gasteiger charge is 2.21. The van der Waals surface area contributed by atoms with Gasteiger partial charge in [-0.05, 0) is 13.8 Å². The molecule has 0 unspecified atom stereocenters. The average Bonchev–Trinajstić information content (AvgIpc) is 2.05. The SMILES string of the molecule is CC(=O)C(C)(C)CO.CC(=O)C(C)C. The largest absolute Gasteiger partial charge is 0.395 e. The molecule has 0 aromatic rings. The van der Waals surface area contributed by atoms with Crippen molar-refractivity contribution in [2.45, 2.75) is 41.5 Å². The summed E-state index contributed by atoms with van der Waals surface area (Å²) in [4.78, 5) is 20.7. The quantitative estimate of drug-likeness (QED) is 0.759. The van der Waals surface area contributed by atoms with E-state index >= 15 is 0 Å². The minimum atomic E-state index is -0.542. The molecule has 1 N–H and O–H groups in total. The summed E-state index contributed by atoms with van der Waals surface area (Å²) in [6, 6.07) is 0. The van der Waals surface area contributed by atoms with E-state index in [1.807, 2.05) is 13.8 Å². The van der Waals surface area contributed by atoms with Gasteiger partial charge in [-0.15, -0.1) is 0 Å². The summed E-state index contributed by atoms with van der Waals surface area (Å²) in [5.74, 6) is 0.500. The number of ketones is 2. The Morgan fingerprint density at radius 3 is 1.50 bits per heavy atom. The molecule has 0 aliphatic rings. The summed E-state index contributed by atoms with van der Waals surface area (Å²) in [7, 11) is 0. The monoisotopic (exact) mass is 202 g/mol. The Morgan fingerprint density at radius 2 is 1.50 bits per heavy atom. The van der Waals surface area contributed by atoms with Crippen molar-refractivity contribution in [3.8, 4) is 0 Å². The predicted molar refractivity (Wildman–Crippen MR) is 57.1 cm³/mol. The highest BCUT2D eigenvalue weighted by Crippen LogP contribution is 2.13. The molecule has 0 aromatic carbocycles. The molecule has 0 saturated carbocycles. The van der Waals surface area contributed by atoms with E-state index in [0.29, 0.717) is 0 Å². The van der Waals surface area contributed by atoms with Gasteiger partial charge in [0.15, 0.2) is 0 Å². The fourth-order valence-corrected chi connectivity index (χ4v) is 0.111. The number of carbonyl (C=O) groups is 2. The van der Waals surface area contributed by atoms with Gasteiger partial charge in [0.25, 0.3) is 0 Å².